The van der Waals surface area contributed by atoms with Crippen molar-refractivity contribution in [1.82, 2.24) is 10.6 Å². The van der Waals surface area contributed by atoms with Crippen molar-refractivity contribution in [3.05, 3.63) is 35.4 Å². The maximum absolute atomic E-state index is 11.3. The van der Waals surface area contributed by atoms with Crippen LogP contribution in [0.2, 0.25) is 0 Å². The maximum atomic E-state index is 11.3. The lowest BCUT2D eigenvalue weighted by molar-refractivity contribution is -0.114. The quantitative estimate of drug-likeness (QED) is 0.431. The summed E-state index contributed by atoms with van der Waals surface area (Å²) in [6.07, 6.45) is 1.94. The van der Waals surface area contributed by atoms with Crippen molar-refractivity contribution in [3.63, 3.8) is 0 Å². The SMILES string of the molecule is CC(=O)Nc1c(I)cc(CC2NCCC3=C2SC(N)N3)cc1I. The standard InChI is InChI=1S/C15H18I2N4OS/c1-7(22)20-13-9(16)4-8(5-10(13)17)6-12-14-11(2-3-19-12)21-15(18)23-14/h4-5,12,15,19,21H,2-3,6,18H2,1H3,(H,20,22). The van der Waals surface area contributed by atoms with Crippen molar-refractivity contribution in [1.29, 1.82) is 0 Å². The molecule has 124 valence electrons. The molecule has 1 aromatic carbocycles. The van der Waals surface area contributed by atoms with Crippen molar-refractivity contribution in [2.24, 2.45) is 5.73 Å². The summed E-state index contributed by atoms with van der Waals surface area (Å²) in [5.74, 6) is -0.0419. The first-order valence-electron chi connectivity index (χ1n) is 7.34. The minimum atomic E-state index is -0.0419. The van der Waals surface area contributed by atoms with E-state index in [4.69, 9.17) is 5.73 Å². The highest BCUT2D eigenvalue weighted by Gasteiger charge is 2.30. The van der Waals surface area contributed by atoms with E-state index in [-0.39, 0.29) is 11.4 Å². The van der Waals surface area contributed by atoms with E-state index in [2.05, 4.69) is 73.3 Å². The molecule has 0 aliphatic carbocycles. The van der Waals surface area contributed by atoms with E-state index in [9.17, 15) is 4.79 Å². The molecule has 3 rings (SSSR count). The Bertz CT molecular complexity index is 656. The fourth-order valence-electron chi connectivity index (χ4n) is 2.87. The molecular weight excluding hydrogens is 538 g/mol. The first-order chi connectivity index (χ1) is 10.9. The fraction of sp³-hybridized carbons (Fsp3) is 0.400. The second-order valence-electron chi connectivity index (χ2n) is 5.60. The molecule has 8 heteroatoms. The molecule has 0 fully saturated rings. The molecule has 2 aliphatic heterocycles. The summed E-state index contributed by atoms with van der Waals surface area (Å²) >= 11 is 6.29. The Kier molecular flexibility index (Phi) is 5.76. The predicted octanol–water partition coefficient (Wildman–Crippen LogP) is 2.55. The molecule has 2 aliphatic rings. The lowest BCUT2D eigenvalue weighted by atomic mass is 10.0. The van der Waals surface area contributed by atoms with Crippen molar-refractivity contribution in [2.45, 2.75) is 31.3 Å². The molecule has 0 spiro atoms. The zero-order chi connectivity index (χ0) is 16.6. The van der Waals surface area contributed by atoms with Gasteiger partial charge in [0.05, 0.1) is 5.69 Å². The molecule has 0 saturated heterocycles. The summed E-state index contributed by atoms with van der Waals surface area (Å²) in [6, 6.07) is 4.61. The third-order valence-electron chi connectivity index (χ3n) is 3.79. The van der Waals surface area contributed by atoms with E-state index in [0.717, 1.165) is 32.2 Å². The van der Waals surface area contributed by atoms with E-state index in [1.165, 1.54) is 23.1 Å². The Morgan fingerprint density at radius 1 is 1.43 bits per heavy atom. The van der Waals surface area contributed by atoms with Crippen molar-refractivity contribution < 1.29 is 4.79 Å². The monoisotopic (exact) mass is 556 g/mol. The largest absolute Gasteiger partial charge is 0.364 e. The second kappa shape index (κ2) is 7.46. The van der Waals surface area contributed by atoms with Crippen LogP contribution in [0.5, 0.6) is 0 Å². The van der Waals surface area contributed by atoms with E-state index < -0.39 is 0 Å². The number of anilines is 1. The van der Waals surface area contributed by atoms with Gasteiger partial charge in [0.1, 0.15) is 5.50 Å². The van der Waals surface area contributed by atoms with Crippen LogP contribution in [0.15, 0.2) is 22.7 Å². The van der Waals surface area contributed by atoms with Crippen LogP contribution in [0.25, 0.3) is 0 Å². The van der Waals surface area contributed by atoms with Gasteiger partial charge in [0, 0.05) is 43.7 Å². The minimum Gasteiger partial charge on any atom is -0.364 e. The second-order valence-corrected chi connectivity index (χ2v) is 9.11. The molecule has 1 amide bonds. The summed E-state index contributed by atoms with van der Waals surface area (Å²) in [5.41, 5.74) is 9.44. The summed E-state index contributed by atoms with van der Waals surface area (Å²) in [4.78, 5) is 12.7. The highest BCUT2D eigenvalue weighted by Crippen LogP contribution is 2.36. The van der Waals surface area contributed by atoms with Crippen LogP contribution in [0, 0.1) is 7.14 Å². The number of nitrogens with two attached hydrogens (primary N) is 1. The number of rotatable bonds is 3. The van der Waals surface area contributed by atoms with Crippen LogP contribution in [-0.4, -0.2) is 24.0 Å². The first kappa shape index (κ1) is 17.8. The molecule has 0 saturated carbocycles. The van der Waals surface area contributed by atoms with Crippen molar-refractivity contribution in [3.8, 4) is 0 Å². The van der Waals surface area contributed by atoms with Crippen molar-refractivity contribution >= 4 is 68.5 Å². The number of carbonyl (C=O) groups is 1. The van der Waals surface area contributed by atoms with E-state index in [1.807, 2.05) is 0 Å². The summed E-state index contributed by atoms with van der Waals surface area (Å²) < 4.78 is 2.14. The molecule has 0 aromatic heterocycles. The first-order valence-corrected chi connectivity index (χ1v) is 10.4. The van der Waals surface area contributed by atoms with Gasteiger partial charge >= 0.3 is 0 Å². The summed E-state index contributed by atoms with van der Waals surface area (Å²) in [5, 5.41) is 9.86. The van der Waals surface area contributed by atoms with Crippen LogP contribution in [0.3, 0.4) is 0 Å². The van der Waals surface area contributed by atoms with Gasteiger partial charge in [-0.1, -0.05) is 11.8 Å². The average Bonchev–Trinajstić information content (AvgIpc) is 2.84. The van der Waals surface area contributed by atoms with Gasteiger partial charge in [-0.2, -0.15) is 0 Å². The van der Waals surface area contributed by atoms with Gasteiger partial charge in [0.25, 0.3) is 0 Å². The van der Waals surface area contributed by atoms with Crippen LogP contribution < -0.4 is 21.7 Å². The van der Waals surface area contributed by atoms with Crippen LogP contribution in [-0.2, 0) is 11.2 Å². The number of hydrogen-bond donors (Lipinski definition) is 4. The number of nitrogens with one attached hydrogen (secondary N) is 3. The number of hydrogen-bond acceptors (Lipinski definition) is 5. The zero-order valence-electron chi connectivity index (χ0n) is 12.6. The molecule has 5 N–H and O–H groups in total. The number of thioether (sulfide) groups is 1. The molecular formula is C15H18I2N4OS. The molecule has 2 heterocycles. The molecule has 1 aromatic rings. The van der Waals surface area contributed by atoms with Crippen LogP contribution >= 0.6 is 56.9 Å². The lowest BCUT2D eigenvalue weighted by Crippen LogP contribution is -2.38. The smallest absolute Gasteiger partial charge is 0.221 e. The minimum absolute atomic E-state index is 0.0233. The van der Waals surface area contributed by atoms with Crippen LogP contribution in [0.1, 0.15) is 18.9 Å². The molecule has 2 unspecified atom stereocenters. The van der Waals surface area contributed by atoms with E-state index in [1.54, 1.807) is 11.8 Å². The Morgan fingerprint density at radius 2 is 2.13 bits per heavy atom. The third-order valence-corrected chi connectivity index (χ3v) is 6.65. The topological polar surface area (TPSA) is 79.2 Å². The Labute approximate surface area is 167 Å². The van der Waals surface area contributed by atoms with E-state index >= 15 is 0 Å². The summed E-state index contributed by atoms with van der Waals surface area (Å²) in [6.45, 7) is 2.51. The van der Waals surface area contributed by atoms with Gasteiger partial charge in [-0.05, 0) is 69.3 Å². The van der Waals surface area contributed by atoms with Gasteiger partial charge in [0.15, 0.2) is 0 Å². The molecule has 0 bridgehead atoms. The fourth-order valence-corrected chi connectivity index (χ4v) is 6.15. The zero-order valence-corrected chi connectivity index (χ0v) is 17.7. The van der Waals surface area contributed by atoms with Gasteiger partial charge in [-0.15, -0.1) is 0 Å². The number of halogens is 2. The lowest BCUT2D eigenvalue weighted by Gasteiger charge is -2.25. The van der Waals surface area contributed by atoms with Crippen molar-refractivity contribution in [2.75, 3.05) is 11.9 Å². The number of amides is 1. The Morgan fingerprint density at radius 3 is 2.78 bits per heavy atom. The van der Waals surface area contributed by atoms with Crippen LogP contribution in [0.4, 0.5) is 5.69 Å². The maximum Gasteiger partial charge on any atom is 0.221 e. The Balaban J connectivity index is 1.80. The normalized spacial score (nSPS) is 23.5. The van der Waals surface area contributed by atoms with Gasteiger partial charge < -0.3 is 21.7 Å². The van der Waals surface area contributed by atoms with E-state index in [0.29, 0.717) is 6.04 Å². The summed E-state index contributed by atoms with van der Waals surface area (Å²) in [7, 11) is 0. The average molecular weight is 556 g/mol. The highest BCUT2D eigenvalue weighted by atomic mass is 127. The van der Waals surface area contributed by atoms with Gasteiger partial charge in [0.2, 0.25) is 5.91 Å². The number of carbonyl (C=O) groups excluding carboxylic acids is 1. The molecule has 2 atom stereocenters. The van der Waals surface area contributed by atoms with Gasteiger partial charge in [-0.3, -0.25) is 4.79 Å². The number of benzene rings is 1. The van der Waals surface area contributed by atoms with Gasteiger partial charge in [-0.25, -0.2) is 0 Å². The predicted molar refractivity (Wildman–Crippen MR) is 112 cm³/mol. The Hall–Kier alpha value is -0.0400. The molecule has 0 radical (unpaired) electrons. The highest BCUT2D eigenvalue weighted by molar-refractivity contribution is 14.1. The molecule has 5 nitrogen and oxygen atoms in total. The third kappa shape index (κ3) is 4.14. The molecule has 23 heavy (non-hydrogen) atoms.